The molecule has 7 heteroatoms. The number of aromatic nitrogens is 1. The van der Waals surface area contributed by atoms with Gasteiger partial charge in [0, 0.05) is 25.7 Å². The van der Waals surface area contributed by atoms with Crippen LogP contribution in [0.15, 0.2) is 24.4 Å². The van der Waals surface area contributed by atoms with Crippen LogP contribution in [0, 0.1) is 0 Å². The lowest BCUT2D eigenvalue weighted by Gasteiger charge is -2.21. The molecule has 0 amide bonds. The van der Waals surface area contributed by atoms with E-state index < -0.39 is 10.0 Å². The van der Waals surface area contributed by atoms with E-state index in [9.17, 15) is 8.42 Å². The number of hydrogen-bond donors (Lipinski definition) is 0. The molecular formula is C13H21ClN2O3S. The average Bonchev–Trinajstić information content (AvgIpc) is 2.44. The van der Waals surface area contributed by atoms with Crippen molar-refractivity contribution >= 4 is 21.6 Å². The zero-order valence-corrected chi connectivity index (χ0v) is 13.2. The van der Waals surface area contributed by atoms with Gasteiger partial charge in [-0.05, 0) is 25.0 Å². The largest absolute Gasteiger partial charge is 0.383 e. The van der Waals surface area contributed by atoms with E-state index in [1.165, 1.54) is 4.31 Å². The minimum absolute atomic E-state index is 0.107. The summed E-state index contributed by atoms with van der Waals surface area (Å²) in [4.78, 5) is 4.17. The van der Waals surface area contributed by atoms with Crippen molar-refractivity contribution in [3.05, 3.63) is 30.1 Å². The summed E-state index contributed by atoms with van der Waals surface area (Å²) >= 11 is 5.58. The van der Waals surface area contributed by atoms with Gasteiger partial charge in [0.2, 0.25) is 10.0 Å². The number of nitrogens with zero attached hydrogens (tertiary/aromatic N) is 2. The summed E-state index contributed by atoms with van der Waals surface area (Å²) in [5.74, 6) is 0.587. The van der Waals surface area contributed by atoms with Gasteiger partial charge in [-0.15, -0.1) is 11.6 Å². The maximum atomic E-state index is 12.3. The summed E-state index contributed by atoms with van der Waals surface area (Å²) in [6.07, 6.45) is 2.92. The monoisotopic (exact) mass is 320 g/mol. The lowest BCUT2D eigenvalue weighted by atomic mass is 10.3. The lowest BCUT2D eigenvalue weighted by Crippen LogP contribution is -2.35. The number of ether oxygens (including phenoxy) is 1. The smallest absolute Gasteiger partial charge is 0.214 e. The maximum absolute atomic E-state index is 12.3. The first-order valence-corrected chi connectivity index (χ1v) is 8.67. The van der Waals surface area contributed by atoms with E-state index in [2.05, 4.69) is 4.98 Å². The number of alkyl halides is 1. The molecule has 0 saturated heterocycles. The second kappa shape index (κ2) is 9.28. The lowest BCUT2D eigenvalue weighted by molar-refractivity contribution is 0.177. The van der Waals surface area contributed by atoms with Gasteiger partial charge in [0.05, 0.1) is 24.6 Å². The van der Waals surface area contributed by atoms with Crippen LogP contribution in [0.4, 0.5) is 0 Å². The Bertz CT molecular complexity index is 468. The number of pyridine rings is 1. The second-order valence-electron chi connectivity index (χ2n) is 4.36. The molecule has 0 aliphatic rings. The van der Waals surface area contributed by atoms with Crippen LogP contribution >= 0.6 is 11.6 Å². The molecule has 0 radical (unpaired) electrons. The Morgan fingerprint density at radius 1 is 1.35 bits per heavy atom. The second-order valence-corrected chi connectivity index (χ2v) is 6.83. The highest BCUT2D eigenvalue weighted by atomic mass is 35.5. The average molecular weight is 321 g/mol. The fourth-order valence-corrected chi connectivity index (χ4v) is 3.39. The summed E-state index contributed by atoms with van der Waals surface area (Å²) < 4.78 is 31.0. The van der Waals surface area contributed by atoms with E-state index in [-0.39, 0.29) is 12.3 Å². The van der Waals surface area contributed by atoms with Gasteiger partial charge in [-0.2, -0.15) is 4.31 Å². The molecule has 0 fully saturated rings. The van der Waals surface area contributed by atoms with Crippen LogP contribution in [-0.2, 0) is 21.3 Å². The Morgan fingerprint density at radius 2 is 2.15 bits per heavy atom. The highest BCUT2D eigenvalue weighted by molar-refractivity contribution is 7.89. The summed E-state index contributed by atoms with van der Waals surface area (Å²) in [6.45, 7) is 0.964. The maximum Gasteiger partial charge on any atom is 0.214 e. The van der Waals surface area contributed by atoms with Gasteiger partial charge in [-0.3, -0.25) is 4.98 Å². The Labute approximate surface area is 126 Å². The number of unbranched alkanes of at least 4 members (excludes halogenated alkanes) is 1. The molecule has 0 N–H and O–H groups in total. The van der Waals surface area contributed by atoms with E-state index in [0.717, 1.165) is 5.69 Å². The Hall–Kier alpha value is -0.690. The predicted octanol–water partition coefficient (Wildman–Crippen LogP) is 1.88. The third-order valence-electron chi connectivity index (χ3n) is 2.79. The molecule has 0 aliphatic carbocycles. The molecule has 0 unspecified atom stereocenters. The van der Waals surface area contributed by atoms with Crippen LogP contribution in [0.3, 0.4) is 0 Å². The number of sulfonamides is 1. The van der Waals surface area contributed by atoms with Crippen LogP contribution < -0.4 is 0 Å². The Morgan fingerprint density at radius 3 is 2.75 bits per heavy atom. The molecule has 1 aromatic heterocycles. The first-order valence-electron chi connectivity index (χ1n) is 6.53. The summed E-state index contributed by atoms with van der Waals surface area (Å²) in [7, 11) is -1.76. The van der Waals surface area contributed by atoms with Crippen LogP contribution in [0.2, 0.25) is 0 Å². The number of hydrogen-bond acceptors (Lipinski definition) is 4. The highest BCUT2D eigenvalue weighted by Gasteiger charge is 2.21. The zero-order chi connectivity index (χ0) is 14.8. The van der Waals surface area contributed by atoms with Crippen molar-refractivity contribution in [1.29, 1.82) is 0 Å². The zero-order valence-electron chi connectivity index (χ0n) is 11.7. The summed E-state index contributed by atoms with van der Waals surface area (Å²) in [5.41, 5.74) is 0.726. The van der Waals surface area contributed by atoms with Crippen molar-refractivity contribution in [2.75, 3.05) is 31.9 Å². The van der Waals surface area contributed by atoms with Crippen LogP contribution in [-0.4, -0.2) is 49.6 Å². The van der Waals surface area contributed by atoms with Gasteiger partial charge in [0.15, 0.2) is 0 Å². The molecule has 0 saturated carbocycles. The van der Waals surface area contributed by atoms with E-state index >= 15 is 0 Å². The molecule has 1 heterocycles. The third kappa shape index (κ3) is 6.17. The Kier molecular flexibility index (Phi) is 8.06. The van der Waals surface area contributed by atoms with Crippen molar-refractivity contribution in [2.45, 2.75) is 19.4 Å². The van der Waals surface area contributed by atoms with Crippen LogP contribution in [0.1, 0.15) is 18.5 Å². The van der Waals surface area contributed by atoms with Gasteiger partial charge in [0.25, 0.3) is 0 Å². The molecule has 1 aromatic rings. The molecule has 1 rings (SSSR count). The van der Waals surface area contributed by atoms with Gasteiger partial charge in [0.1, 0.15) is 0 Å². The van der Waals surface area contributed by atoms with Crippen molar-refractivity contribution in [1.82, 2.24) is 9.29 Å². The molecule has 0 aliphatic heterocycles. The summed E-state index contributed by atoms with van der Waals surface area (Å²) in [5, 5.41) is 0. The normalized spacial score (nSPS) is 11.9. The Balaban J connectivity index is 2.72. The van der Waals surface area contributed by atoms with Gasteiger partial charge in [-0.25, -0.2) is 8.42 Å². The molecule has 0 aromatic carbocycles. The van der Waals surface area contributed by atoms with E-state index in [4.69, 9.17) is 16.3 Å². The van der Waals surface area contributed by atoms with Crippen LogP contribution in [0.25, 0.3) is 0 Å². The number of methoxy groups -OCH3 is 1. The van der Waals surface area contributed by atoms with Crippen molar-refractivity contribution in [3.8, 4) is 0 Å². The molecule has 0 atom stereocenters. The standard InChI is InChI=1S/C13H21ClN2O3S/c1-19-10-9-16(12-13-6-2-4-8-15-13)20(17,18)11-5-3-7-14/h2,4,6,8H,3,5,7,9-12H2,1H3. The first kappa shape index (κ1) is 17.4. The van der Waals surface area contributed by atoms with Gasteiger partial charge in [-0.1, -0.05) is 6.07 Å². The highest BCUT2D eigenvalue weighted by Crippen LogP contribution is 2.10. The number of rotatable bonds is 10. The fourth-order valence-electron chi connectivity index (χ4n) is 1.69. The van der Waals surface area contributed by atoms with Crippen LogP contribution in [0.5, 0.6) is 0 Å². The molecule has 0 spiro atoms. The molecular weight excluding hydrogens is 300 g/mol. The molecule has 5 nitrogen and oxygen atoms in total. The third-order valence-corrected chi connectivity index (χ3v) is 4.96. The predicted molar refractivity (Wildman–Crippen MR) is 80.3 cm³/mol. The SMILES string of the molecule is COCCN(Cc1ccccn1)S(=O)(=O)CCCCCl. The first-order chi connectivity index (χ1) is 9.60. The van der Waals surface area contributed by atoms with E-state index in [1.54, 1.807) is 19.4 Å². The quantitative estimate of drug-likeness (QED) is 0.488. The molecule has 20 heavy (non-hydrogen) atoms. The summed E-state index contributed by atoms with van der Waals surface area (Å²) in [6, 6.07) is 5.46. The fraction of sp³-hybridized carbons (Fsp3) is 0.615. The van der Waals surface area contributed by atoms with Crippen molar-refractivity contribution in [2.24, 2.45) is 0 Å². The van der Waals surface area contributed by atoms with E-state index in [0.29, 0.717) is 31.9 Å². The van der Waals surface area contributed by atoms with Crippen molar-refractivity contribution in [3.63, 3.8) is 0 Å². The topological polar surface area (TPSA) is 59.5 Å². The number of halogens is 1. The molecule has 0 bridgehead atoms. The van der Waals surface area contributed by atoms with Gasteiger partial charge >= 0.3 is 0 Å². The minimum atomic E-state index is -3.31. The van der Waals surface area contributed by atoms with Crippen molar-refractivity contribution < 1.29 is 13.2 Å². The molecule has 114 valence electrons. The van der Waals surface area contributed by atoms with E-state index in [1.807, 2.05) is 12.1 Å². The van der Waals surface area contributed by atoms with Gasteiger partial charge < -0.3 is 4.74 Å². The minimum Gasteiger partial charge on any atom is -0.383 e.